The van der Waals surface area contributed by atoms with E-state index in [1.165, 1.54) is 0 Å². The van der Waals surface area contributed by atoms with Crippen LogP contribution in [0, 0.1) is 12.3 Å². The van der Waals surface area contributed by atoms with E-state index < -0.39 is 5.41 Å². The molecule has 42 heavy (non-hydrogen) atoms. The normalized spacial score (nSPS) is 15.0. The smallest absolute Gasteiger partial charge is 0.261 e. The maximum atomic E-state index is 13.3. The van der Waals surface area contributed by atoms with E-state index >= 15 is 0 Å². The quantitative estimate of drug-likeness (QED) is 0.299. The molecule has 0 radical (unpaired) electrons. The lowest BCUT2D eigenvalue weighted by molar-refractivity contribution is -0.137. The highest BCUT2D eigenvalue weighted by Gasteiger charge is 2.45. The molecule has 9 nitrogen and oxygen atoms in total. The van der Waals surface area contributed by atoms with Crippen LogP contribution in [-0.2, 0) is 35.8 Å². The van der Waals surface area contributed by atoms with Crippen molar-refractivity contribution in [3.8, 4) is 0 Å². The molecule has 0 bridgehead atoms. The largest absolute Gasteiger partial charge is 0.461 e. The minimum absolute atomic E-state index is 0.0401. The van der Waals surface area contributed by atoms with Gasteiger partial charge >= 0.3 is 0 Å². The second-order valence-corrected chi connectivity index (χ2v) is 11.5. The van der Waals surface area contributed by atoms with Crippen LogP contribution in [0.25, 0.3) is 11.0 Å². The number of carbonyl (C=O) groups excluding carboxylic acids is 2. The summed E-state index contributed by atoms with van der Waals surface area (Å²) in [6.45, 7) is 9.68. The van der Waals surface area contributed by atoms with Gasteiger partial charge in [0.15, 0.2) is 0 Å². The summed E-state index contributed by atoms with van der Waals surface area (Å²) in [6.07, 6.45) is 1.76. The predicted octanol–water partition coefficient (Wildman–Crippen LogP) is 4.45. The SMILES string of the molecule is CCN1C(=O)C(C)(C)C(=O)N(C)c2cc(CN(CCn3ccc4oc(C)cc4c3=O)Cc3cccc(CO)c3)ccc21. The summed E-state index contributed by atoms with van der Waals surface area (Å²) in [5, 5.41) is 10.2. The third-order valence-corrected chi connectivity index (χ3v) is 8.05. The Labute approximate surface area is 245 Å². The molecule has 0 saturated heterocycles. The number of aryl methyl sites for hydroxylation is 1. The molecule has 2 aromatic carbocycles. The van der Waals surface area contributed by atoms with Gasteiger partial charge < -0.3 is 23.9 Å². The summed E-state index contributed by atoms with van der Waals surface area (Å²) >= 11 is 0. The van der Waals surface area contributed by atoms with Crippen LogP contribution in [-0.4, -0.2) is 46.5 Å². The fourth-order valence-corrected chi connectivity index (χ4v) is 5.73. The third-order valence-electron chi connectivity index (χ3n) is 8.05. The minimum Gasteiger partial charge on any atom is -0.461 e. The summed E-state index contributed by atoms with van der Waals surface area (Å²) < 4.78 is 7.32. The van der Waals surface area contributed by atoms with Crippen LogP contribution in [0.3, 0.4) is 0 Å². The maximum absolute atomic E-state index is 13.3. The van der Waals surface area contributed by atoms with Gasteiger partial charge in [-0.15, -0.1) is 0 Å². The topological polar surface area (TPSA) is 99.2 Å². The number of pyridine rings is 1. The first-order chi connectivity index (χ1) is 20.0. The van der Waals surface area contributed by atoms with Crippen molar-refractivity contribution in [3.05, 3.63) is 93.6 Å². The fourth-order valence-electron chi connectivity index (χ4n) is 5.73. The number of aliphatic hydroxyl groups is 1. The van der Waals surface area contributed by atoms with E-state index in [9.17, 15) is 19.5 Å². The molecule has 2 aromatic heterocycles. The molecule has 1 N–H and O–H groups in total. The first kappa shape index (κ1) is 29.3. The average molecular weight is 571 g/mol. The average Bonchev–Trinajstić information content (AvgIpc) is 3.36. The molecule has 5 rings (SSSR count). The number of fused-ring (bicyclic) bond motifs is 2. The highest BCUT2D eigenvalue weighted by Crippen LogP contribution is 2.39. The van der Waals surface area contributed by atoms with E-state index in [4.69, 9.17) is 4.42 Å². The van der Waals surface area contributed by atoms with E-state index in [0.29, 0.717) is 60.8 Å². The zero-order valence-corrected chi connectivity index (χ0v) is 24.9. The second-order valence-electron chi connectivity index (χ2n) is 11.5. The summed E-state index contributed by atoms with van der Waals surface area (Å²) in [7, 11) is 1.72. The Balaban J connectivity index is 1.46. The summed E-state index contributed by atoms with van der Waals surface area (Å²) in [5.74, 6) is 0.237. The monoisotopic (exact) mass is 570 g/mol. The van der Waals surface area contributed by atoms with Gasteiger partial charge in [-0.05, 0) is 68.7 Å². The lowest BCUT2D eigenvalue weighted by Crippen LogP contribution is -2.47. The summed E-state index contributed by atoms with van der Waals surface area (Å²) in [5.41, 5.74) is 3.57. The maximum Gasteiger partial charge on any atom is 0.261 e. The molecular weight excluding hydrogens is 532 g/mol. The lowest BCUT2D eigenvalue weighted by Gasteiger charge is -2.27. The molecule has 4 aromatic rings. The number of carbonyl (C=O) groups is 2. The van der Waals surface area contributed by atoms with Crippen molar-refractivity contribution >= 4 is 34.2 Å². The van der Waals surface area contributed by atoms with E-state index in [-0.39, 0.29) is 24.0 Å². The van der Waals surface area contributed by atoms with Gasteiger partial charge in [-0.1, -0.05) is 30.3 Å². The molecule has 2 amide bonds. The third kappa shape index (κ3) is 5.49. The van der Waals surface area contributed by atoms with Crippen LogP contribution in [0.5, 0.6) is 0 Å². The van der Waals surface area contributed by atoms with Gasteiger partial charge in [0.25, 0.3) is 5.56 Å². The van der Waals surface area contributed by atoms with Crippen molar-refractivity contribution in [1.82, 2.24) is 9.47 Å². The molecule has 220 valence electrons. The highest BCUT2D eigenvalue weighted by molar-refractivity contribution is 6.19. The molecule has 0 saturated carbocycles. The van der Waals surface area contributed by atoms with Gasteiger partial charge in [-0.25, -0.2) is 0 Å². The zero-order valence-electron chi connectivity index (χ0n) is 24.9. The second kappa shape index (κ2) is 11.6. The van der Waals surface area contributed by atoms with Crippen molar-refractivity contribution in [2.24, 2.45) is 5.41 Å². The van der Waals surface area contributed by atoms with E-state index in [2.05, 4.69) is 4.90 Å². The number of amides is 2. The number of anilines is 2. The predicted molar refractivity (Wildman–Crippen MR) is 163 cm³/mol. The lowest BCUT2D eigenvalue weighted by atomic mass is 9.90. The van der Waals surface area contributed by atoms with Crippen molar-refractivity contribution in [2.75, 3.05) is 29.9 Å². The number of aliphatic hydroxyl groups excluding tert-OH is 1. The fraction of sp³-hybridized carbons (Fsp3) is 0.364. The number of hydrogen-bond acceptors (Lipinski definition) is 6. The van der Waals surface area contributed by atoms with Crippen LogP contribution < -0.4 is 15.4 Å². The molecule has 1 aliphatic rings. The summed E-state index contributed by atoms with van der Waals surface area (Å²) in [6, 6.07) is 17.3. The molecular formula is C33H38N4O5. The number of furan rings is 1. The number of rotatable bonds is 9. The van der Waals surface area contributed by atoms with E-state index in [0.717, 1.165) is 16.7 Å². The van der Waals surface area contributed by atoms with Gasteiger partial charge in [0, 0.05) is 46.0 Å². The molecule has 0 aliphatic carbocycles. The molecule has 0 fully saturated rings. The van der Waals surface area contributed by atoms with Crippen LogP contribution in [0.4, 0.5) is 11.4 Å². The van der Waals surface area contributed by atoms with Crippen LogP contribution in [0.15, 0.2) is 70.0 Å². The zero-order chi connectivity index (χ0) is 30.2. The molecule has 0 unspecified atom stereocenters. The highest BCUT2D eigenvalue weighted by atomic mass is 16.3. The van der Waals surface area contributed by atoms with Gasteiger partial charge in [0.05, 0.1) is 23.4 Å². The Morgan fingerprint density at radius 2 is 1.62 bits per heavy atom. The minimum atomic E-state index is -1.17. The Kier molecular flexibility index (Phi) is 8.08. The van der Waals surface area contributed by atoms with Gasteiger partial charge in [-0.2, -0.15) is 0 Å². The molecule has 1 aliphatic heterocycles. The molecule has 3 heterocycles. The number of benzene rings is 2. The van der Waals surface area contributed by atoms with Crippen molar-refractivity contribution in [2.45, 2.75) is 53.9 Å². The van der Waals surface area contributed by atoms with E-state index in [1.54, 1.807) is 47.5 Å². The Bertz CT molecular complexity index is 1700. The first-order valence-corrected chi connectivity index (χ1v) is 14.3. The van der Waals surface area contributed by atoms with Crippen molar-refractivity contribution in [1.29, 1.82) is 0 Å². The molecule has 0 spiro atoms. The van der Waals surface area contributed by atoms with E-state index in [1.807, 2.05) is 62.4 Å². The summed E-state index contributed by atoms with van der Waals surface area (Å²) in [4.78, 5) is 45.3. The first-order valence-electron chi connectivity index (χ1n) is 14.3. The molecule has 9 heteroatoms. The number of aromatic nitrogens is 1. The van der Waals surface area contributed by atoms with Gasteiger partial charge in [0.2, 0.25) is 11.8 Å². The van der Waals surface area contributed by atoms with Crippen molar-refractivity contribution in [3.63, 3.8) is 0 Å². The number of nitrogens with zero attached hydrogens (tertiary/aromatic N) is 4. The van der Waals surface area contributed by atoms with Crippen LogP contribution in [0.2, 0.25) is 0 Å². The van der Waals surface area contributed by atoms with Gasteiger partial charge in [-0.3, -0.25) is 19.3 Å². The Hall–Kier alpha value is -4.21. The number of hydrogen-bond donors (Lipinski definition) is 1. The standard InChI is InChI=1S/C33H38N4O5/c1-6-37-27-11-10-24(18-28(27)34(5)31(40)33(3,4)32(37)41)20-35(19-23-8-7-9-25(17-23)21-38)14-15-36-13-12-29-26(30(36)39)16-22(2)42-29/h7-13,16-18,38H,6,14-15,19-21H2,1-5H3. The Morgan fingerprint density at radius 1 is 0.905 bits per heavy atom. The van der Waals surface area contributed by atoms with Gasteiger partial charge in [0.1, 0.15) is 16.8 Å². The molecule has 0 atom stereocenters. The van der Waals surface area contributed by atoms with Crippen molar-refractivity contribution < 1.29 is 19.1 Å². The van der Waals surface area contributed by atoms with Crippen LogP contribution >= 0.6 is 0 Å². The Morgan fingerprint density at radius 3 is 2.33 bits per heavy atom. The van der Waals surface area contributed by atoms with Crippen LogP contribution in [0.1, 0.15) is 43.2 Å².